The first-order valence-electron chi connectivity index (χ1n) is 5.63. The summed E-state index contributed by atoms with van der Waals surface area (Å²) in [5.41, 5.74) is 1.07. The van der Waals surface area contributed by atoms with Crippen LogP contribution in [0.1, 0.15) is 38.7 Å². The number of hydrogen-bond acceptors (Lipinski definition) is 2. The zero-order valence-corrected chi connectivity index (χ0v) is 9.57. The average Bonchev–Trinajstić information content (AvgIpc) is 2.19. The van der Waals surface area contributed by atoms with Gasteiger partial charge in [-0.2, -0.15) is 0 Å². The number of nitrogens with zero attached hydrogens (tertiary/aromatic N) is 1. The number of hydrogen-bond donors (Lipinski definition) is 0. The van der Waals surface area contributed by atoms with Crippen LogP contribution in [0.2, 0.25) is 0 Å². The number of carbonyl (C=O) groups excluding carboxylic acids is 1. The van der Waals surface area contributed by atoms with E-state index in [1.54, 1.807) is 12.4 Å². The Balaban J connectivity index is 2.36. The normalized spacial score (nSPS) is 12.4. The van der Waals surface area contributed by atoms with Crippen molar-refractivity contribution < 1.29 is 4.79 Å². The molecule has 0 spiro atoms. The van der Waals surface area contributed by atoms with Gasteiger partial charge in [-0.25, -0.2) is 0 Å². The van der Waals surface area contributed by atoms with E-state index in [1.165, 1.54) is 0 Å². The molecule has 2 nitrogen and oxygen atoms in total. The van der Waals surface area contributed by atoms with E-state index in [9.17, 15) is 4.79 Å². The van der Waals surface area contributed by atoms with E-state index in [4.69, 9.17) is 0 Å². The van der Waals surface area contributed by atoms with Crippen molar-refractivity contribution in [3.63, 3.8) is 0 Å². The van der Waals surface area contributed by atoms with Crippen LogP contribution in [0.5, 0.6) is 0 Å². The number of Topliss-reactive ketones (excluding diaryl/α,β-unsaturated/α-hetero) is 1. The van der Waals surface area contributed by atoms with Gasteiger partial charge in [-0.1, -0.05) is 26.7 Å². The maximum atomic E-state index is 11.7. The summed E-state index contributed by atoms with van der Waals surface area (Å²) >= 11 is 0. The largest absolute Gasteiger partial charge is 0.299 e. The fourth-order valence-corrected chi connectivity index (χ4v) is 1.78. The van der Waals surface area contributed by atoms with E-state index < -0.39 is 0 Å². The topological polar surface area (TPSA) is 30.0 Å². The lowest BCUT2D eigenvalue weighted by Crippen LogP contribution is -2.08. The molecule has 0 aliphatic carbocycles. The van der Waals surface area contributed by atoms with Crippen molar-refractivity contribution in [3.05, 3.63) is 30.1 Å². The Morgan fingerprint density at radius 2 is 2.07 bits per heavy atom. The van der Waals surface area contributed by atoms with E-state index in [2.05, 4.69) is 18.8 Å². The molecule has 15 heavy (non-hydrogen) atoms. The summed E-state index contributed by atoms with van der Waals surface area (Å²) in [6, 6.07) is 3.81. The lowest BCUT2D eigenvalue weighted by Gasteiger charge is -2.08. The van der Waals surface area contributed by atoms with Crippen LogP contribution < -0.4 is 0 Å². The molecule has 0 bridgehead atoms. The summed E-state index contributed by atoms with van der Waals surface area (Å²) in [7, 11) is 0. The van der Waals surface area contributed by atoms with Crippen molar-refractivity contribution in [1.82, 2.24) is 4.98 Å². The van der Waals surface area contributed by atoms with E-state index in [0.29, 0.717) is 24.5 Å². The van der Waals surface area contributed by atoms with Gasteiger partial charge in [0, 0.05) is 25.2 Å². The Kier molecular flexibility index (Phi) is 5.02. The SMILES string of the molecule is CCCC(C)CC(=O)Cc1ccncc1. The molecule has 0 aliphatic heterocycles. The molecule has 1 atom stereocenters. The van der Waals surface area contributed by atoms with Crippen LogP contribution >= 0.6 is 0 Å². The van der Waals surface area contributed by atoms with Crippen LogP contribution in [0.15, 0.2) is 24.5 Å². The van der Waals surface area contributed by atoms with Crippen molar-refractivity contribution in [2.45, 2.75) is 39.5 Å². The predicted molar refractivity (Wildman–Crippen MR) is 61.6 cm³/mol. The Morgan fingerprint density at radius 3 is 2.67 bits per heavy atom. The molecule has 0 amide bonds. The Hall–Kier alpha value is -1.18. The van der Waals surface area contributed by atoms with Gasteiger partial charge >= 0.3 is 0 Å². The Labute approximate surface area is 91.7 Å². The highest BCUT2D eigenvalue weighted by Gasteiger charge is 2.08. The van der Waals surface area contributed by atoms with E-state index in [-0.39, 0.29) is 0 Å². The zero-order chi connectivity index (χ0) is 11.1. The van der Waals surface area contributed by atoms with Crippen molar-refractivity contribution >= 4 is 5.78 Å². The molecule has 0 aliphatic rings. The van der Waals surface area contributed by atoms with Gasteiger partial charge in [0.15, 0.2) is 0 Å². The molecule has 0 N–H and O–H groups in total. The predicted octanol–water partition coefficient (Wildman–Crippen LogP) is 3.02. The first-order chi connectivity index (χ1) is 7.22. The quantitative estimate of drug-likeness (QED) is 0.714. The van der Waals surface area contributed by atoms with Crippen LogP contribution in [-0.2, 0) is 11.2 Å². The van der Waals surface area contributed by atoms with Gasteiger partial charge in [-0.3, -0.25) is 9.78 Å². The van der Waals surface area contributed by atoms with Crippen LogP contribution in [0.4, 0.5) is 0 Å². The summed E-state index contributed by atoms with van der Waals surface area (Å²) in [6.45, 7) is 4.30. The second-order valence-electron chi connectivity index (χ2n) is 4.17. The van der Waals surface area contributed by atoms with E-state index in [0.717, 1.165) is 18.4 Å². The van der Waals surface area contributed by atoms with Crippen molar-refractivity contribution in [2.24, 2.45) is 5.92 Å². The fraction of sp³-hybridized carbons (Fsp3) is 0.538. The number of aromatic nitrogens is 1. The Morgan fingerprint density at radius 1 is 1.40 bits per heavy atom. The number of pyridine rings is 1. The third kappa shape index (κ3) is 4.73. The third-order valence-electron chi connectivity index (χ3n) is 2.51. The van der Waals surface area contributed by atoms with Gasteiger partial charge in [0.2, 0.25) is 0 Å². The summed E-state index contributed by atoms with van der Waals surface area (Å²) in [5, 5.41) is 0. The smallest absolute Gasteiger partial charge is 0.137 e. The van der Waals surface area contributed by atoms with Crippen molar-refractivity contribution in [3.8, 4) is 0 Å². The van der Waals surface area contributed by atoms with Crippen molar-refractivity contribution in [1.29, 1.82) is 0 Å². The van der Waals surface area contributed by atoms with E-state index >= 15 is 0 Å². The van der Waals surface area contributed by atoms with Gasteiger partial charge in [0.25, 0.3) is 0 Å². The minimum atomic E-state index is 0.335. The maximum Gasteiger partial charge on any atom is 0.137 e. The zero-order valence-electron chi connectivity index (χ0n) is 9.57. The van der Waals surface area contributed by atoms with Gasteiger partial charge < -0.3 is 0 Å². The van der Waals surface area contributed by atoms with Gasteiger partial charge in [0.05, 0.1) is 0 Å². The first kappa shape index (κ1) is 11.9. The molecule has 2 heteroatoms. The molecule has 1 heterocycles. The Bertz CT molecular complexity index is 295. The van der Waals surface area contributed by atoms with Gasteiger partial charge in [-0.15, -0.1) is 0 Å². The number of ketones is 1. The highest BCUT2D eigenvalue weighted by atomic mass is 16.1. The minimum Gasteiger partial charge on any atom is -0.299 e. The number of rotatable bonds is 6. The molecule has 82 valence electrons. The summed E-state index contributed by atoms with van der Waals surface area (Å²) < 4.78 is 0. The molecule has 1 rings (SSSR count). The summed E-state index contributed by atoms with van der Waals surface area (Å²) in [5.74, 6) is 0.853. The minimum absolute atomic E-state index is 0.335. The third-order valence-corrected chi connectivity index (χ3v) is 2.51. The lowest BCUT2D eigenvalue weighted by molar-refractivity contribution is -0.119. The monoisotopic (exact) mass is 205 g/mol. The molecule has 0 fully saturated rings. The summed E-state index contributed by atoms with van der Waals surface area (Å²) in [6.07, 6.45) is 7.02. The van der Waals surface area contributed by atoms with Crippen LogP contribution in [0.3, 0.4) is 0 Å². The second-order valence-corrected chi connectivity index (χ2v) is 4.17. The molecule has 1 aromatic rings. The molecule has 0 saturated heterocycles. The van der Waals surface area contributed by atoms with Crippen LogP contribution in [-0.4, -0.2) is 10.8 Å². The highest BCUT2D eigenvalue weighted by Crippen LogP contribution is 2.12. The highest BCUT2D eigenvalue weighted by molar-refractivity contribution is 5.80. The molecule has 0 radical (unpaired) electrons. The molecule has 1 unspecified atom stereocenters. The second kappa shape index (κ2) is 6.33. The number of carbonyl (C=O) groups is 1. The molecule has 0 saturated carbocycles. The van der Waals surface area contributed by atoms with Gasteiger partial charge in [-0.05, 0) is 23.6 Å². The van der Waals surface area contributed by atoms with E-state index in [1.807, 2.05) is 12.1 Å². The van der Waals surface area contributed by atoms with Crippen LogP contribution in [0, 0.1) is 5.92 Å². The molecule has 1 aromatic heterocycles. The first-order valence-corrected chi connectivity index (χ1v) is 5.63. The molecular formula is C13H19NO. The average molecular weight is 205 g/mol. The molecular weight excluding hydrogens is 186 g/mol. The standard InChI is InChI=1S/C13H19NO/c1-3-4-11(2)9-13(15)10-12-5-7-14-8-6-12/h5-8,11H,3-4,9-10H2,1-2H3. The fourth-order valence-electron chi connectivity index (χ4n) is 1.78. The van der Waals surface area contributed by atoms with Crippen LogP contribution in [0.25, 0.3) is 0 Å². The summed E-state index contributed by atoms with van der Waals surface area (Å²) in [4.78, 5) is 15.6. The lowest BCUT2D eigenvalue weighted by atomic mass is 9.97. The molecule has 0 aromatic carbocycles. The van der Waals surface area contributed by atoms with Gasteiger partial charge in [0.1, 0.15) is 5.78 Å². The van der Waals surface area contributed by atoms with Crippen molar-refractivity contribution in [2.75, 3.05) is 0 Å². The maximum absolute atomic E-state index is 11.7.